The van der Waals surface area contributed by atoms with Gasteiger partial charge in [0.2, 0.25) is 25.9 Å². The van der Waals surface area contributed by atoms with Crippen molar-refractivity contribution in [2.45, 2.75) is 35.5 Å². The Labute approximate surface area is 210 Å². The molecule has 1 N–H and O–H groups in total. The van der Waals surface area contributed by atoms with Gasteiger partial charge in [0.1, 0.15) is 0 Å². The smallest absolute Gasteiger partial charge is 0.322 e. The van der Waals surface area contributed by atoms with E-state index in [4.69, 9.17) is 4.42 Å². The van der Waals surface area contributed by atoms with Gasteiger partial charge in [0, 0.05) is 38.3 Å². The monoisotopic (exact) mass is 533 g/mol. The maximum absolute atomic E-state index is 12.9. The molecule has 1 aromatic heterocycles. The van der Waals surface area contributed by atoms with Gasteiger partial charge in [-0.1, -0.05) is 17.9 Å². The van der Waals surface area contributed by atoms with Gasteiger partial charge in [0.05, 0.1) is 9.79 Å². The summed E-state index contributed by atoms with van der Waals surface area (Å²) in [4.78, 5) is 12.9. The van der Waals surface area contributed by atoms with E-state index in [9.17, 15) is 21.6 Å². The topological polar surface area (TPSA) is 143 Å². The summed E-state index contributed by atoms with van der Waals surface area (Å²) >= 11 is 0. The first kappa shape index (κ1) is 25.9. The summed E-state index contributed by atoms with van der Waals surface area (Å²) in [6.07, 6.45) is 3.72. The maximum atomic E-state index is 12.9. The first-order valence-electron chi connectivity index (χ1n) is 11.4. The SMILES string of the molecule is CN(C)S(=O)(=O)c1ccc(-c2nnc(NC(=O)c3ccc(S(=O)(=O)N4CCCCCC4)cc3)o2)cc1. The molecule has 3 aromatic rings. The minimum absolute atomic E-state index is 0.0954. The minimum Gasteiger partial charge on any atom is -0.403 e. The molecule has 13 heteroatoms. The molecule has 1 aliphatic heterocycles. The molecule has 36 heavy (non-hydrogen) atoms. The number of carbonyl (C=O) groups is 1. The molecule has 0 aliphatic carbocycles. The number of anilines is 1. The van der Waals surface area contributed by atoms with Gasteiger partial charge in [0.25, 0.3) is 5.91 Å². The molecule has 1 amide bonds. The lowest BCUT2D eigenvalue weighted by Crippen LogP contribution is -2.31. The van der Waals surface area contributed by atoms with E-state index in [1.54, 1.807) is 0 Å². The Kier molecular flexibility index (Phi) is 7.54. The quantitative estimate of drug-likeness (QED) is 0.488. The van der Waals surface area contributed by atoms with Gasteiger partial charge < -0.3 is 4.42 Å². The van der Waals surface area contributed by atoms with Crippen LogP contribution < -0.4 is 5.32 Å². The number of nitrogens with zero attached hydrogens (tertiary/aromatic N) is 4. The zero-order valence-electron chi connectivity index (χ0n) is 19.9. The lowest BCUT2D eigenvalue weighted by molar-refractivity contribution is 0.102. The number of benzene rings is 2. The number of hydrogen-bond acceptors (Lipinski definition) is 8. The van der Waals surface area contributed by atoms with Gasteiger partial charge in [-0.05, 0) is 61.4 Å². The molecule has 192 valence electrons. The van der Waals surface area contributed by atoms with Crippen molar-refractivity contribution < 1.29 is 26.0 Å². The summed E-state index contributed by atoms with van der Waals surface area (Å²) < 4.78 is 58.3. The Morgan fingerprint density at radius 2 is 1.44 bits per heavy atom. The van der Waals surface area contributed by atoms with Crippen LogP contribution in [-0.4, -0.2) is 68.7 Å². The fourth-order valence-corrected chi connectivity index (χ4v) is 6.17. The van der Waals surface area contributed by atoms with E-state index in [-0.39, 0.29) is 27.3 Å². The van der Waals surface area contributed by atoms with Gasteiger partial charge in [-0.2, -0.15) is 4.31 Å². The van der Waals surface area contributed by atoms with Gasteiger partial charge in [-0.3, -0.25) is 10.1 Å². The van der Waals surface area contributed by atoms with E-state index in [2.05, 4.69) is 15.5 Å². The van der Waals surface area contributed by atoms with Crippen LogP contribution in [0, 0.1) is 0 Å². The molecule has 11 nitrogen and oxygen atoms in total. The summed E-state index contributed by atoms with van der Waals surface area (Å²) in [5.74, 6) is -0.450. The fraction of sp³-hybridized carbons (Fsp3) is 0.348. The molecule has 2 aromatic carbocycles. The predicted molar refractivity (Wildman–Crippen MR) is 132 cm³/mol. The third kappa shape index (κ3) is 5.48. The Hall–Kier alpha value is -3.13. The number of aromatic nitrogens is 2. The molecule has 4 rings (SSSR count). The second-order valence-electron chi connectivity index (χ2n) is 8.52. The highest BCUT2D eigenvalue weighted by atomic mass is 32.2. The van der Waals surface area contributed by atoms with Crippen LogP contribution in [-0.2, 0) is 20.0 Å². The normalized spacial score (nSPS) is 15.5. The van der Waals surface area contributed by atoms with Crippen molar-refractivity contribution in [3.8, 4) is 11.5 Å². The molecule has 1 saturated heterocycles. The average Bonchev–Trinajstić information content (AvgIpc) is 3.14. The second-order valence-corrected chi connectivity index (χ2v) is 12.6. The fourth-order valence-electron chi connectivity index (χ4n) is 3.75. The van der Waals surface area contributed by atoms with Crippen molar-refractivity contribution in [1.29, 1.82) is 0 Å². The van der Waals surface area contributed by atoms with E-state index >= 15 is 0 Å². The first-order valence-corrected chi connectivity index (χ1v) is 14.2. The Morgan fingerprint density at radius 1 is 0.861 bits per heavy atom. The van der Waals surface area contributed by atoms with Crippen LogP contribution in [0.3, 0.4) is 0 Å². The summed E-state index contributed by atoms with van der Waals surface area (Å²) in [5, 5.41) is 10.2. The van der Waals surface area contributed by atoms with Crippen molar-refractivity contribution in [2.75, 3.05) is 32.5 Å². The highest BCUT2D eigenvalue weighted by molar-refractivity contribution is 7.89. The molecule has 1 aliphatic rings. The number of sulfonamides is 2. The first-order chi connectivity index (χ1) is 17.1. The molecule has 0 unspecified atom stereocenters. The van der Waals surface area contributed by atoms with E-state index < -0.39 is 26.0 Å². The maximum Gasteiger partial charge on any atom is 0.322 e. The standard InChI is InChI=1S/C23H27N5O6S2/c1-27(2)35(30,31)19-13-9-18(10-14-19)22-25-26-23(34-22)24-21(29)17-7-11-20(12-8-17)36(32,33)28-15-5-3-4-6-16-28/h7-14H,3-6,15-16H2,1-2H3,(H,24,26,29). The van der Waals surface area contributed by atoms with E-state index in [0.29, 0.717) is 18.7 Å². The van der Waals surface area contributed by atoms with Crippen LogP contribution in [0.2, 0.25) is 0 Å². The summed E-state index contributed by atoms with van der Waals surface area (Å²) in [6, 6.07) is 11.4. The third-order valence-electron chi connectivity index (χ3n) is 5.84. The highest BCUT2D eigenvalue weighted by Crippen LogP contribution is 2.24. The molecule has 0 spiro atoms. The van der Waals surface area contributed by atoms with Crippen LogP contribution in [0.4, 0.5) is 6.01 Å². The summed E-state index contributed by atoms with van der Waals surface area (Å²) in [5.41, 5.74) is 0.701. The van der Waals surface area contributed by atoms with Crippen LogP contribution in [0.25, 0.3) is 11.5 Å². The van der Waals surface area contributed by atoms with Crippen molar-refractivity contribution >= 4 is 32.0 Å². The molecular weight excluding hydrogens is 506 g/mol. The Balaban J connectivity index is 1.43. The van der Waals surface area contributed by atoms with Gasteiger partial charge in [-0.25, -0.2) is 21.1 Å². The van der Waals surface area contributed by atoms with Crippen LogP contribution >= 0.6 is 0 Å². The Morgan fingerprint density at radius 3 is 2.03 bits per heavy atom. The number of nitrogens with one attached hydrogen (secondary N) is 1. The number of rotatable bonds is 7. The van der Waals surface area contributed by atoms with Gasteiger partial charge >= 0.3 is 6.01 Å². The molecule has 0 bridgehead atoms. The highest BCUT2D eigenvalue weighted by Gasteiger charge is 2.25. The third-order valence-corrected chi connectivity index (χ3v) is 9.59. The van der Waals surface area contributed by atoms with Gasteiger partial charge in [0.15, 0.2) is 0 Å². The number of carbonyl (C=O) groups excluding carboxylic acids is 1. The second kappa shape index (κ2) is 10.5. The lowest BCUT2D eigenvalue weighted by Gasteiger charge is -2.19. The Bertz CT molecular complexity index is 1420. The minimum atomic E-state index is -3.61. The number of hydrogen-bond donors (Lipinski definition) is 1. The molecule has 0 atom stereocenters. The summed E-state index contributed by atoms with van der Waals surface area (Å²) in [6.45, 7) is 0.997. The lowest BCUT2D eigenvalue weighted by atomic mass is 10.2. The molecule has 2 heterocycles. The van der Waals surface area contributed by atoms with Crippen LogP contribution in [0.15, 0.2) is 62.7 Å². The number of amides is 1. The van der Waals surface area contributed by atoms with E-state index in [1.165, 1.54) is 66.9 Å². The largest absolute Gasteiger partial charge is 0.403 e. The average molecular weight is 534 g/mol. The van der Waals surface area contributed by atoms with Gasteiger partial charge in [-0.15, -0.1) is 5.10 Å². The van der Waals surface area contributed by atoms with Crippen molar-refractivity contribution in [2.24, 2.45) is 0 Å². The molecule has 1 fully saturated rings. The molecule has 0 saturated carbocycles. The summed E-state index contributed by atoms with van der Waals surface area (Å²) in [7, 11) is -4.29. The molecule has 0 radical (unpaired) electrons. The zero-order chi connectivity index (χ0) is 25.9. The molecular formula is C23H27N5O6S2. The predicted octanol–water partition coefficient (Wildman–Crippen LogP) is 2.80. The zero-order valence-corrected chi connectivity index (χ0v) is 21.5. The van der Waals surface area contributed by atoms with Crippen molar-refractivity contribution in [3.05, 3.63) is 54.1 Å². The van der Waals surface area contributed by atoms with Crippen molar-refractivity contribution in [1.82, 2.24) is 18.8 Å². The van der Waals surface area contributed by atoms with Crippen LogP contribution in [0.1, 0.15) is 36.0 Å². The van der Waals surface area contributed by atoms with E-state index in [1.807, 2.05) is 0 Å². The van der Waals surface area contributed by atoms with Crippen molar-refractivity contribution in [3.63, 3.8) is 0 Å². The van der Waals surface area contributed by atoms with E-state index in [0.717, 1.165) is 30.0 Å². The van der Waals surface area contributed by atoms with Crippen LogP contribution in [0.5, 0.6) is 0 Å².